The summed E-state index contributed by atoms with van der Waals surface area (Å²) >= 11 is 1.68. The van der Waals surface area contributed by atoms with Crippen LogP contribution in [0.3, 0.4) is 0 Å². The van der Waals surface area contributed by atoms with Gasteiger partial charge < -0.3 is 5.73 Å². The van der Waals surface area contributed by atoms with E-state index in [4.69, 9.17) is 5.73 Å². The first-order valence-electron chi connectivity index (χ1n) is 17.9. The molecule has 1 aromatic carbocycles. The van der Waals surface area contributed by atoms with E-state index in [9.17, 15) is 0 Å². The van der Waals surface area contributed by atoms with Crippen molar-refractivity contribution >= 4 is 11.8 Å². The van der Waals surface area contributed by atoms with Crippen LogP contribution >= 0.6 is 11.8 Å². The van der Waals surface area contributed by atoms with Gasteiger partial charge in [-0.15, -0.1) is 0 Å². The molecule has 0 aromatic heterocycles. The van der Waals surface area contributed by atoms with Crippen molar-refractivity contribution in [2.75, 3.05) is 0 Å². The van der Waals surface area contributed by atoms with Crippen LogP contribution in [0.5, 0.6) is 0 Å². The third-order valence-electron chi connectivity index (χ3n) is 9.42. The summed E-state index contributed by atoms with van der Waals surface area (Å²) in [4.78, 5) is 1.17. The maximum absolute atomic E-state index is 6.35. The predicted molar refractivity (Wildman–Crippen MR) is 223 cm³/mol. The Morgan fingerprint density at radius 1 is 0.900 bits per heavy atom. The van der Waals surface area contributed by atoms with Gasteiger partial charge in [-0.05, 0) is 90.0 Å². The average Bonchev–Trinajstić information content (AvgIpc) is 3.53. The number of allylic oxidation sites excluding steroid dienone is 24. The molecule has 3 atom stereocenters. The molecule has 0 saturated carbocycles. The van der Waals surface area contributed by atoms with Gasteiger partial charge in [-0.25, -0.2) is 0 Å². The van der Waals surface area contributed by atoms with Crippen LogP contribution in [0.25, 0.3) is 0 Å². The van der Waals surface area contributed by atoms with E-state index in [1.807, 2.05) is 41.9 Å². The van der Waals surface area contributed by atoms with Gasteiger partial charge in [0.25, 0.3) is 0 Å². The van der Waals surface area contributed by atoms with Gasteiger partial charge in [-0.1, -0.05) is 185 Å². The zero-order chi connectivity index (χ0) is 35.8. The second-order valence-electron chi connectivity index (χ2n) is 13.3. The standard InChI is InChI=1S/C24H27N.C12H12S.C12H16/c1-4-19-20-12-14-22(25)23(20)24(2,3)21(19)13-10-16-9-11-17-7-5-6-8-18(17)15-16;1-3-4-5-9-12-11(2)8-6-7-10-13-12;1-2-3-4-6-9-12-10-7-5-8-11-12/h4-9,11-15,17-18,22H,10,25H2,1-3H3;3-10H,1-2H2;2-3,5,7-8,10-11H,4,6,9H2,1H3/b19-4-,21-13+;5-4-,12-9-;3-2-. The van der Waals surface area contributed by atoms with Crippen LogP contribution in [0.2, 0.25) is 0 Å². The lowest BCUT2D eigenvalue weighted by molar-refractivity contribution is 0.535. The molecule has 5 aliphatic rings. The number of hydrogen-bond donors (Lipinski definition) is 1. The zero-order valence-corrected chi connectivity index (χ0v) is 31.3. The quantitative estimate of drug-likeness (QED) is 0.168. The summed E-state index contributed by atoms with van der Waals surface area (Å²) in [7, 11) is 0. The number of unbranched alkanes of at least 4 members (excludes halogenated alkanes) is 1. The maximum atomic E-state index is 6.35. The summed E-state index contributed by atoms with van der Waals surface area (Å²) in [5, 5.41) is 2.04. The van der Waals surface area contributed by atoms with Gasteiger partial charge in [0, 0.05) is 28.2 Å². The van der Waals surface area contributed by atoms with E-state index in [-0.39, 0.29) is 11.5 Å². The number of fused-ring (bicyclic) bond motifs is 1. The minimum Gasteiger partial charge on any atom is -0.321 e. The fourth-order valence-corrected chi connectivity index (χ4v) is 7.53. The van der Waals surface area contributed by atoms with Gasteiger partial charge >= 0.3 is 0 Å². The normalized spacial score (nSPS) is 25.1. The Morgan fingerprint density at radius 2 is 1.68 bits per heavy atom. The Morgan fingerprint density at radius 3 is 2.42 bits per heavy atom. The highest BCUT2D eigenvalue weighted by atomic mass is 32.2. The molecule has 2 N–H and O–H groups in total. The molecule has 0 amide bonds. The van der Waals surface area contributed by atoms with E-state index in [2.05, 4.69) is 150 Å². The van der Waals surface area contributed by atoms with Crippen LogP contribution < -0.4 is 5.73 Å². The van der Waals surface area contributed by atoms with Gasteiger partial charge in [0.1, 0.15) is 0 Å². The molecule has 0 bridgehead atoms. The van der Waals surface area contributed by atoms with Crippen LogP contribution in [-0.2, 0) is 6.42 Å². The fraction of sp³-hybridized carbons (Fsp3) is 0.250. The van der Waals surface area contributed by atoms with Gasteiger partial charge in [-0.2, -0.15) is 0 Å². The van der Waals surface area contributed by atoms with Crippen molar-refractivity contribution in [3.05, 3.63) is 214 Å². The fourth-order valence-electron chi connectivity index (χ4n) is 6.84. The van der Waals surface area contributed by atoms with Crippen molar-refractivity contribution in [3.63, 3.8) is 0 Å². The van der Waals surface area contributed by atoms with E-state index in [0.29, 0.717) is 11.8 Å². The summed E-state index contributed by atoms with van der Waals surface area (Å²) in [6.07, 6.45) is 47.6. The van der Waals surface area contributed by atoms with Crippen molar-refractivity contribution in [1.82, 2.24) is 0 Å². The molecule has 1 nitrogen and oxygen atoms in total. The molecule has 6 rings (SSSR count). The van der Waals surface area contributed by atoms with Crippen molar-refractivity contribution in [2.24, 2.45) is 23.0 Å². The van der Waals surface area contributed by atoms with Crippen molar-refractivity contribution in [2.45, 2.75) is 59.4 Å². The molecule has 0 saturated heterocycles. The van der Waals surface area contributed by atoms with Crippen LogP contribution in [-0.4, -0.2) is 6.04 Å². The number of hydrogen-bond acceptors (Lipinski definition) is 2. The van der Waals surface area contributed by atoms with Gasteiger partial charge in [0.15, 0.2) is 0 Å². The second-order valence-corrected chi connectivity index (χ2v) is 14.3. The molecule has 0 radical (unpaired) electrons. The number of benzene rings is 1. The number of aryl methyl sites for hydroxylation is 1. The van der Waals surface area contributed by atoms with Crippen molar-refractivity contribution < 1.29 is 0 Å². The Hall–Kier alpha value is -4.37. The average molecular weight is 678 g/mol. The third kappa shape index (κ3) is 10.6. The molecule has 0 fully saturated rings. The van der Waals surface area contributed by atoms with Crippen LogP contribution in [0.1, 0.15) is 52.5 Å². The summed E-state index contributed by atoms with van der Waals surface area (Å²) in [6, 6.07) is 10.7. The molecule has 3 unspecified atom stereocenters. The third-order valence-corrected chi connectivity index (χ3v) is 10.4. The molecular formula is C48H55NS. The van der Waals surface area contributed by atoms with Crippen molar-refractivity contribution in [3.8, 4) is 0 Å². The first-order chi connectivity index (χ1) is 24.3. The molecule has 1 heterocycles. The Kier molecular flexibility index (Phi) is 15.2. The summed E-state index contributed by atoms with van der Waals surface area (Å²) in [5.74, 6) is 1.05. The first-order valence-corrected chi connectivity index (χ1v) is 18.8. The Labute approximate surface area is 307 Å². The lowest BCUT2D eigenvalue weighted by atomic mass is 9.77. The molecule has 0 spiro atoms. The van der Waals surface area contributed by atoms with Crippen LogP contribution in [0.4, 0.5) is 0 Å². The summed E-state index contributed by atoms with van der Waals surface area (Å²) in [5.41, 5.74) is 15.8. The number of nitrogens with two attached hydrogens (primary N) is 1. The van der Waals surface area contributed by atoms with E-state index < -0.39 is 0 Å². The molecule has 50 heavy (non-hydrogen) atoms. The highest BCUT2D eigenvalue weighted by molar-refractivity contribution is 8.06. The van der Waals surface area contributed by atoms with Crippen LogP contribution in [0, 0.1) is 17.3 Å². The van der Waals surface area contributed by atoms with Gasteiger partial charge in [0.05, 0.1) is 0 Å². The number of thioether (sulfide) groups is 1. The van der Waals surface area contributed by atoms with Gasteiger partial charge in [0.2, 0.25) is 0 Å². The zero-order valence-electron chi connectivity index (χ0n) is 30.5. The largest absolute Gasteiger partial charge is 0.321 e. The molecule has 1 aliphatic heterocycles. The van der Waals surface area contributed by atoms with Crippen molar-refractivity contribution in [1.29, 1.82) is 0 Å². The lowest BCUT2D eigenvalue weighted by Crippen LogP contribution is -2.27. The van der Waals surface area contributed by atoms with E-state index in [1.54, 1.807) is 17.8 Å². The lowest BCUT2D eigenvalue weighted by Gasteiger charge is -2.28. The molecule has 4 aliphatic carbocycles. The minimum atomic E-state index is 0.00898. The van der Waals surface area contributed by atoms with Gasteiger partial charge in [-0.3, -0.25) is 0 Å². The first kappa shape index (κ1) is 38.4. The summed E-state index contributed by atoms with van der Waals surface area (Å²) in [6.45, 7) is 16.4. The Balaban J connectivity index is 0.000000189. The summed E-state index contributed by atoms with van der Waals surface area (Å²) < 4.78 is 0. The molecular weight excluding hydrogens is 623 g/mol. The maximum Gasteiger partial charge on any atom is 0.0461 e. The molecule has 1 aromatic rings. The topological polar surface area (TPSA) is 26.0 Å². The smallest absolute Gasteiger partial charge is 0.0461 e. The van der Waals surface area contributed by atoms with E-state index in [1.165, 1.54) is 57.6 Å². The Bertz CT molecular complexity index is 1750. The van der Waals surface area contributed by atoms with E-state index in [0.717, 1.165) is 12.0 Å². The van der Waals surface area contributed by atoms with E-state index >= 15 is 0 Å². The minimum absolute atomic E-state index is 0.00898. The highest BCUT2D eigenvalue weighted by Crippen LogP contribution is 2.53. The molecule has 258 valence electrons. The second kappa shape index (κ2) is 19.7. The SMILES string of the molecule is C/C=C1/C2=C(C(N)C=C2)C(C)(C)/C1=C/CC1=CC2C=CC=CC2C=C1.C/C=C\CCCc1ccccc1.C=C/C=C\C=C1/SC=CC=CC1=C. The predicted octanol–water partition coefficient (Wildman–Crippen LogP) is 12.9. The number of rotatable bonds is 8. The molecule has 2 heteroatoms. The van der Waals surface area contributed by atoms with Crippen LogP contribution in [0.15, 0.2) is 209 Å². The highest BCUT2D eigenvalue weighted by Gasteiger charge is 2.42. The monoisotopic (exact) mass is 677 g/mol.